The van der Waals surface area contributed by atoms with Crippen molar-refractivity contribution >= 4 is 22.0 Å². The van der Waals surface area contributed by atoms with E-state index in [1.54, 1.807) is 26.8 Å². The summed E-state index contributed by atoms with van der Waals surface area (Å²) in [6.45, 7) is 5.66. The number of hydrogen-bond donors (Lipinski definition) is 0. The fourth-order valence-corrected chi connectivity index (χ4v) is 3.07. The highest BCUT2D eigenvalue weighted by Crippen LogP contribution is 2.33. The quantitative estimate of drug-likeness (QED) is 0.747. The van der Waals surface area contributed by atoms with Gasteiger partial charge in [0.25, 0.3) is 0 Å². The highest BCUT2D eigenvalue weighted by atomic mass is 32.3. The van der Waals surface area contributed by atoms with Gasteiger partial charge in [-0.1, -0.05) is 6.07 Å². The van der Waals surface area contributed by atoms with Crippen molar-refractivity contribution in [2.75, 3.05) is 11.4 Å². The van der Waals surface area contributed by atoms with E-state index in [0.29, 0.717) is 30.6 Å². The lowest BCUT2D eigenvalue weighted by atomic mass is 10.0. The first kappa shape index (κ1) is 15.8. The number of rotatable bonds is 1. The lowest BCUT2D eigenvalue weighted by molar-refractivity contribution is 0.0577. The number of ether oxygens (including phenoxy) is 1. The Labute approximate surface area is 123 Å². The van der Waals surface area contributed by atoms with Crippen molar-refractivity contribution in [1.29, 1.82) is 0 Å². The second kappa shape index (κ2) is 5.29. The van der Waals surface area contributed by atoms with E-state index in [4.69, 9.17) is 4.74 Å². The van der Waals surface area contributed by atoms with E-state index in [0.717, 1.165) is 0 Å². The number of carbonyl (C=O) groups is 1. The molecule has 0 aromatic heterocycles. The first-order valence-corrected chi connectivity index (χ1v) is 8.05. The first-order chi connectivity index (χ1) is 9.59. The molecule has 0 aliphatic carbocycles. The summed E-state index contributed by atoms with van der Waals surface area (Å²) in [4.78, 5) is 13.2. The summed E-state index contributed by atoms with van der Waals surface area (Å²) in [6, 6.07) is 4.24. The van der Waals surface area contributed by atoms with E-state index in [9.17, 15) is 17.1 Å². The van der Waals surface area contributed by atoms with Crippen molar-refractivity contribution < 1.29 is 21.8 Å². The van der Waals surface area contributed by atoms with Gasteiger partial charge in [0.1, 0.15) is 10.5 Å². The van der Waals surface area contributed by atoms with Crippen molar-refractivity contribution in [2.24, 2.45) is 0 Å². The minimum atomic E-state index is -4.81. The van der Waals surface area contributed by atoms with E-state index in [1.807, 2.05) is 0 Å². The van der Waals surface area contributed by atoms with E-state index in [-0.39, 0.29) is 4.90 Å². The zero-order valence-electron chi connectivity index (χ0n) is 12.2. The highest BCUT2D eigenvalue weighted by molar-refractivity contribution is 7.86. The van der Waals surface area contributed by atoms with Crippen LogP contribution < -0.4 is 4.90 Å². The molecule has 21 heavy (non-hydrogen) atoms. The number of amides is 1. The summed E-state index contributed by atoms with van der Waals surface area (Å²) in [5.41, 5.74) is 0.0738. The van der Waals surface area contributed by atoms with Crippen LogP contribution in [0.2, 0.25) is 0 Å². The Bertz CT molecular complexity index is 664. The van der Waals surface area contributed by atoms with Gasteiger partial charge in [-0.05, 0) is 51.3 Å². The maximum absolute atomic E-state index is 13.3. The number of carbonyl (C=O) groups excluding carboxylic acids is 1. The molecule has 1 aliphatic rings. The van der Waals surface area contributed by atoms with Crippen LogP contribution in [0.1, 0.15) is 32.8 Å². The van der Waals surface area contributed by atoms with Crippen LogP contribution in [-0.2, 0) is 21.4 Å². The molecule has 116 valence electrons. The van der Waals surface area contributed by atoms with E-state index in [1.165, 1.54) is 17.0 Å². The van der Waals surface area contributed by atoms with Crippen LogP contribution in [0.4, 0.5) is 14.4 Å². The van der Waals surface area contributed by atoms with Crippen LogP contribution in [0.25, 0.3) is 0 Å². The second-order valence-corrected chi connectivity index (χ2v) is 7.24. The Hall–Kier alpha value is -1.63. The average molecular weight is 315 g/mol. The molecule has 0 fully saturated rings. The predicted octanol–water partition coefficient (Wildman–Crippen LogP) is 3.03. The van der Waals surface area contributed by atoms with Gasteiger partial charge >= 0.3 is 16.3 Å². The SMILES string of the molecule is CC(C)(C)OC(=O)N1CCCc2c1cccc2S(=O)(=O)F. The molecule has 5 nitrogen and oxygen atoms in total. The van der Waals surface area contributed by atoms with E-state index in [2.05, 4.69) is 0 Å². The van der Waals surface area contributed by atoms with Gasteiger partial charge < -0.3 is 4.74 Å². The first-order valence-electron chi connectivity index (χ1n) is 6.67. The number of benzene rings is 1. The standard InChI is InChI=1S/C14H18FNO4S/c1-14(2,3)20-13(17)16-9-5-6-10-11(16)7-4-8-12(10)21(15,18)19/h4,7-8H,5-6,9H2,1-3H3. The van der Waals surface area contributed by atoms with E-state index < -0.39 is 21.9 Å². The molecule has 0 saturated carbocycles. The fraction of sp³-hybridized carbons (Fsp3) is 0.500. The summed E-state index contributed by atoms with van der Waals surface area (Å²) in [5.74, 6) is 0. The van der Waals surface area contributed by atoms with Crippen LogP contribution in [0.3, 0.4) is 0 Å². The molecular weight excluding hydrogens is 297 g/mol. The van der Waals surface area contributed by atoms with Crippen LogP contribution >= 0.6 is 0 Å². The maximum Gasteiger partial charge on any atom is 0.414 e. The van der Waals surface area contributed by atoms with Crippen LogP contribution in [0.5, 0.6) is 0 Å². The molecule has 0 N–H and O–H groups in total. The molecular formula is C14H18FNO4S. The molecule has 7 heteroatoms. The van der Waals surface area contributed by atoms with Gasteiger partial charge in [0.2, 0.25) is 0 Å². The Kier molecular flexibility index (Phi) is 3.97. The van der Waals surface area contributed by atoms with Crippen molar-refractivity contribution in [3.05, 3.63) is 23.8 Å². The molecule has 1 aromatic carbocycles. The maximum atomic E-state index is 13.3. The summed E-state index contributed by atoms with van der Waals surface area (Å²) < 4.78 is 41.1. The normalized spacial score (nSPS) is 15.5. The van der Waals surface area contributed by atoms with Crippen LogP contribution in [0, 0.1) is 0 Å². The van der Waals surface area contributed by atoms with Gasteiger partial charge in [-0.15, -0.1) is 3.89 Å². The Balaban J connectivity index is 2.43. The van der Waals surface area contributed by atoms with Crippen molar-refractivity contribution in [3.63, 3.8) is 0 Å². The van der Waals surface area contributed by atoms with Crippen molar-refractivity contribution in [2.45, 2.75) is 44.1 Å². The monoisotopic (exact) mass is 315 g/mol. The molecule has 1 heterocycles. The number of anilines is 1. The van der Waals surface area contributed by atoms with E-state index >= 15 is 0 Å². The minimum absolute atomic E-state index is 0.331. The van der Waals surface area contributed by atoms with Gasteiger partial charge in [-0.3, -0.25) is 4.90 Å². The van der Waals surface area contributed by atoms with Crippen LogP contribution in [0.15, 0.2) is 23.1 Å². The average Bonchev–Trinajstić information content (AvgIpc) is 2.34. The van der Waals surface area contributed by atoms with Gasteiger partial charge in [0, 0.05) is 6.54 Å². The Morgan fingerprint density at radius 3 is 2.57 bits per heavy atom. The lowest BCUT2D eigenvalue weighted by Gasteiger charge is -2.32. The summed E-state index contributed by atoms with van der Waals surface area (Å²) >= 11 is 0. The Morgan fingerprint density at radius 2 is 2.00 bits per heavy atom. The molecule has 0 unspecified atom stereocenters. The number of hydrogen-bond acceptors (Lipinski definition) is 4. The fourth-order valence-electron chi connectivity index (χ4n) is 2.33. The molecule has 0 saturated heterocycles. The summed E-state index contributed by atoms with van der Waals surface area (Å²) in [7, 11) is -4.81. The molecule has 0 spiro atoms. The largest absolute Gasteiger partial charge is 0.443 e. The van der Waals surface area contributed by atoms with Crippen LogP contribution in [-0.4, -0.2) is 26.7 Å². The Morgan fingerprint density at radius 1 is 1.33 bits per heavy atom. The van der Waals surface area contributed by atoms with Crippen molar-refractivity contribution in [1.82, 2.24) is 0 Å². The smallest absolute Gasteiger partial charge is 0.414 e. The second-order valence-electron chi connectivity index (χ2n) is 5.93. The summed E-state index contributed by atoms with van der Waals surface area (Å²) in [6.07, 6.45) is 0.407. The third-order valence-corrected chi connectivity index (χ3v) is 3.99. The third-order valence-electron chi connectivity index (χ3n) is 3.08. The molecule has 2 rings (SSSR count). The predicted molar refractivity (Wildman–Crippen MR) is 76.6 cm³/mol. The zero-order valence-corrected chi connectivity index (χ0v) is 13.0. The minimum Gasteiger partial charge on any atom is -0.443 e. The molecule has 1 aromatic rings. The number of nitrogens with zero attached hydrogens (tertiary/aromatic N) is 1. The highest BCUT2D eigenvalue weighted by Gasteiger charge is 2.30. The molecule has 0 atom stereocenters. The number of halogens is 1. The van der Waals surface area contributed by atoms with Gasteiger partial charge in [-0.2, -0.15) is 8.42 Å². The molecule has 0 radical (unpaired) electrons. The molecule has 0 bridgehead atoms. The topological polar surface area (TPSA) is 63.7 Å². The van der Waals surface area contributed by atoms with Gasteiger partial charge in [0.05, 0.1) is 5.69 Å². The molecule has 1 aliphatic heterocycles. The van der Waals surface area contributed by atoms with Gasteiger partial charge in [0.15, 0.2) is 0 Å². The van der Waals surface area contributed by atoms with Crippen molar-refractivity contribution in [3.8, 4) is 0 Å². The zero-order chi connectivity index (χ0) is 15.8. The third kappa shape index (κ3) is 3.53. The summed E-state index contributed by atoms with van der Waals surface area (Å²) in [5, 5.41) is 0. The lowest BCUT2D eigenvalue weighted by Crippen LogP contribution is -2.40. The molecule has 1 amide bonds. The van der Waals surface area contributed by atoms with Gasteiger partial charge in [-0.25, -0.2) is 4.79 Å². The number of fused-ring (bicyclic) bond motifs is 1.